The molecule has 3 heteroatoms. The van der Waals surface area contributed by atoms with E-state index in [1.807, 2.05) is 25.1 Å². The number of carboxylic acids is 1. The second-order valence-corrected chi connectivity index (χ2v) is 3.23. The first-order chi connectivity index (χ1) is 7.13. The van der Waals surface area contributed by atoms with Crippen LogP contribution in [0.1, 0.15) is 17.5 Å². The summed E-state index contributed by atoms with van der Waals surface area (Å²) in [7, 11) is 1.62. The van der Waals surface area contributed by atoms with Crippen molar-refractivity contribution in [2.24, 2.45) is 0 Å². The molecule has 0 heterocycles. The van der Waals surface area contributed by atoms with Gasteiger partial charge in [-0.1, -0.05) is 24.3 Å². The van der Waals surface area contributed by atoms with Gasteiger partial charge in [-0.15, -0.1) is 0 Å². The van der Waals surface area contributed by atoms with Gasteiger partial charge in [0.05, 0.1) is 13.5 Å². The standard InChI is InChI=1S/C12H14O3/c1-9-6-7-10(8-11(9)15-2)4-3-5-12(13)14/h3-4,6-8H,5H2,1-2H3,(H,13,14). The van der Waals surface area contributed by atoms with E-state index in [9.17, 15) is 4.79 Å². The number of aryl methyl sites for hydroxylation is 1. The summed E-state index contributed by atoms with van der Waals surface area (Å²) in [5.74, 6) is -0.0159. The molecule has 0 unspecified atom stereocenters. The highest BCUT2D eigenvalue weighted by molar-refractivity contribution is 5.70. The van der Waals surface area contributed by atoms with Gasteiger partial charge in [0.2, 0.25) is 0 Å². The molecule has 1 N–H and O–H groups in total. The van der Waals surface area contributed by atoms with E-state index in [2.05, 4.69) is 0 Å². The van der Waals surface area contributed by atoms with Crippen molar-refractivity contribution < 1.29 is 14.6 Å². The highest BCUT2D eigenvalue weighted by atomic mass is 16.5. The lowest BCUT2D eigenvalue weighted by Gasteiger charge is -2.04. The molecule has 3 nitrogen and oxygen atoms in total. The molecule has 0 aromatic heterocycles. The van der Waals surface area contributed by atoms with Crippen LogP contribution in [0.25, 0.3) is 6.08 Å². The molecule has 0 atom stereocenters. The lowest BCUT2D eigenvalue weighted by atomic mass is 10.1. The first-order valence-electron chi connectivity index (χ1n) is 4.66. The van der Waals surface area contributed by atoms with Gasteiger partial charge in [-0.25, -0.2) is 0 Å². The Kier molecular flexibility index (Phi) is 3.92. The molecular weight excluding hydrogens is 192 g/mol. The van der Waals surface area contributed by atoms with Crippen LogP contribution in [0.15, 0.2) is 24.3 Å². The maximum Gasteiger partial charge on any atom is 0.307 e. The topological polar surface area (TPSA) is 46.5 Å². The van der Waals surface area contributed by atoms with Crippen LogP contribution in [0.5, 0.6) is 5.75 Å². The lowest BCUT2D eigenvalue weighted by Crippen LogP contribution is -1.90. The van der Waals surface area contributed by atoms with Crippen molar-refractivity contribution in [3.05, 3.63) is 35.4 Å². The number of carboxylic acid groups (broad SMARTS) is 1. The number of carbonyl (C=O) groups is 1. The fourth-order valence-electron chi connectivity index (χ4n) is 1.24. The zero-order valence-electron chi connectivity index (χ0n) is 8.86. The Hall–Kier alpha value is -1.77. The highest BCUT2D eigenvalue weighted by Crippen LogP contribution is 2.19. The van der Waals surface area contributed by atoms with Gasteiger partial charge < -0.3 is 9.84 Å². The zero-order valence-corrected chi connectivity index (χ0v) is 8.86. The Morgan fingerprint density at radius 2 is 2.27 bits per heavy atom. The normalized spacial score (nSPS) is 10.5. The lowest BCUT2D eigenvalue weighted by molar-refractivity contribution is -0.135. The monoisotopic (exact) mass is 206 g/mol. The average Bonchev–Trinajstić information content (AvgIpc) is 2.20. The van der Waals surface area contributed by atoms with E-state index in [-0.39, 0.29) is 6.42 Å². The van der Waals surface area contributed by atoms with E-state index in [0.29, 0.717) is 0 Å². The van der Waals surface area contributed by atoms with Gasteiger partial charge in [0, 0.05) is 0 Å². The van der Waals surface area contributed by atoms with Crippen molar-refractivity contribution in [2.75, 3.05) is 7.11 Å². The molecule has 0 saturated heterocycles. The molecule has 0 fully saturated rings. The molecular formula is C12H14O3. The molecule has 0 aliphatic rings. The molecule has 1 aromatic rings. The Morgan fingerprint density at radius 3 is 2.87 bits per heavy atom. The number of hydrogen-bond donors (Lipinski definition) is 1. The van der Waals surface area contributed by atoms with Crippen molar-refractivity contribution >= 4 is 12.0 Å². The molecule has 0 aliphatic carbocycles. The summed E-state index contributed by atoms with van der Waals surface area (Å²) in [6.07, 6.45) is 3.43. The summed E-state index contributed by atoms with van der Waals surface area (Å²) in [4.78, 5) is 10.3. The van der Waals surface area contributed by atoms with Crippen LogP contribution in [0.2, 0.25) is 0 Å². The molecule has 15 heavy (non-hydrogen) atoms. The zero-order chi connectivity index (χ0) is 11.3. The van der Waals surface area contributed by atoms with Crippen molar-refractivity contribution in [2.45, 2.75) is 13.3 Å². The number of aliphatic carboxylic acids is 1. The second-order valence-electron chi connectivity index (χ2n) is 3.23. The third kappa shape index (κ3) is 3.46. The van der Waals surface area contributed by atoms with E-state index >= 15 is 0 Å². The Labute approximate surface area is 89.0 Å². The van der Waals surface area contributed by atoms with Gasteiger partial charge in [0.25, 0.3) is 0 Å². The van der Waals surface area contributed by atoms with Crippen molar-refractivity contribution in [1.29, 1.82) is 0 Å². The number of ether oxygens (including phenoxy) is 1. The van der Waals surface area contributed by atoms with Gasteiger partial charge in [-0.2, -0.15) is 0 Å². The molecule has 0 amide bonds. The maximum absolute atomic E-state index is 10.3. The molecule has 1 aromatic carbocycles. The molecule has 0 saturated carbocycles. The number of methoxy groups -OCH3 is 1. The van der Waals surface area contributed by atoms with Crippen LogP contribution in [0.3, 0.4) is 0 Å². The fourth-order valence-corrected chi connectivity index (χ4v) is 1.24. The molecule has 0 spiro atoms. The van der Waals surface area contributed by atoms with Crippen molar-refractivity contribution in [3.8, 4) is 5.75 Å². The van der Waals surface area contributed by atoms with Gasteiger partial charge in [0.1, 0.15) is 5.75 Å². The van der Waals surface area contributed by atoms with Crippen LogP contribution in [0, 0.1) is 6.92 Å². The number of rotatable bonds is 4. The predicted octanol–water partition coefficient (Wildman–Crippen LogP) is 2.49. The van der Waals surface area contributed by atoms with Gasteiger partial charge >= 0.3 is 5.97 Å². The first-order valence-corrected chi connectivity index (χ1v) is 4.66. The van der Waals surface area contributed by atoms with Gasteiger partial charge in [0.15, 0.2) is 0 Å². The van der Waals surface area contributed by atoms with E-state index in [1.54, 1.807) is 19.3 Å². The number of benzene rings is 1. The summed E-state index contributed by atoms with van der Waals surface area (Å²) in [5.41, 5.74) is 2.01. The van der Waals surface area contributed by atoms with Crippen LogP contribution in [-0.2, 0) is 4.79 Å². The third-order valence-corrected chi connectivity index (χ3v) is 2.03. The molecule has 80 valence electrons. The van der Waals surface area contributed by atoms with E-state index in [1.165, 1.54) is 0 Å². The molecule has 1 rings (SSSR count). The van der Waals surface area contributed by atoms with Crippen LogP contribution < -0.4 is 4.74 Å². The summed E-state index contributed by atoms with van der Waals surface area (Å²) in [6, 6.07) is 5.75. The summed E-state index contributed by atoms with van der Waals surface area (Å²) >= 11 is 0. The second kappa shape index (κ2) is 5.20. The minimum absolute atomic E-state index is 0.0379. The average molecular weight is 206 g/mol. The first kappa shape index (κ1) is 11.3. The smallest absolute Gasteiger partial charge is 0.307 e. The largest absolute Gasteiger partial charge is 0.496 e. The van der Waals surface area contributed by atoms with E-state index in [4.69, 9.17) is 9.84 Å². The van der Waals surface area contributed by atoms with Crippen LogP contribution in [-0.4, -0.2) is 18.2 Å². The minimum atomic E-state index is -0.828. The summed E-state index contributed by atoms with van der Waals surface area (Å²) < 4.78 is 5.16. The maximum atomic E-state index is 10.3. The molecule has 0 bridgehead atoms. The number of hydrogen-bond acceptors (Lipinski definition) is 2. The van der Waals surface area contributed by atoms with Crippen molar-refractivity contribution in [3.63, 3.8) is 0 Å². The van der Waals surface area contributed by atoms with Crippen LogP contribution >= 0.6 is 0 Å². The van der Waals surface area contributed by atoms with Gasteiger partial charge in [-0.3, -0.25) is 4.79 Å². The predicted molar refractivity (Wildman–Crippen MR) is 59.0 cm³/mol. The minimum Gasteiger partial charge on any atom is -0.496 e. The molecule has 0 aliphatic heterocycles. The van der Waals surface area contributed by atoms with E-state index in [0.717, 1.165) is 16.9 Å². The third-order valence-electron chi connectivity index (χ3n) is 2.03. The van der Waals surface area contributed by atoms with E-state index < -0.39 is 5.97 Å². The quantitative estimate of drug-likeness (QED) is 0.823. The summed E-state index contributed by atoms with van der Waals surface area (Å²) in [6.45, 7) is 1.96. The fraction of sp³-hybridized carbons (Fsp3) is 0.250. The SMILES string of the molecule is COc1cc(C=CCC(=O)O)ccc1C. The van der Waals surface area contributed by atoms with Crippen molar-refractivity contribution in [1.82, 2.24) is 0 Å². The Bertz CT molecular complexity index is 380. The highest BCUT2D eigenvalue weighted by Gasteiger charge is 1.97. The van der Waals surface area contributed by atoms with Gasteiger partial charge in [-0.05, 0) is 24.1 Å². The Balaban J connectivity index is 2.78. The molecule has 0 radical (unpaired) electrons. The Morgan fingerprint density at radius 1 is 1.53 bits per heavy atom. The van der Waals surface area contributed by atoms with Crippen LogP contribution in [0.4, 0.5) is 0 Å². The summed E-state index contributed by atoms with van der Waals surface area (Å²) in [5, 5.41) is 8.46.